The molecule has 0 aliphatic carbocycles. The molecule has 0 rings (SSSR count). The molecule has 0 bridgehead atoms. The molecule has 13 heteroatoms. The molecule has 0 aromatic rings. The number of carbonyl (C=O) groups is 6. The molecule has 0 unspecified atom stereocenters. The average Bonchev–Trinajstić information content (AvgIpc) is 2.91. The molecule has 230 valence electrons. The molecule has 0 heterocycles. The minimum absolute atomic E-state index is 0.00261. The zero-order valence-electron chi connectivity index (χ0n) is 23.5. The number of unbranched alkanes of at least 4 members (excludes halogenated alkanes) is 5. The van der Waals surface area contributed by atoms with Gasteiger partial charge >= 0.3 is 11.9 Å². The van der Waals surface area contributed by atoms with Gasteiger partial charge in [0.15, 0.2) is 0 Å². The van der Waals surface area contributed by atoms with E-state index in [9.17, 15) is 28.8 Å². The first-order valence-electron chi connectivity index (χ1n) is 14.1. The summed E-state index contributed by atoms with van der Waals surface area (Å²) >= 11 is 0. The third kappa shape index (κ3) is 25.2. The molecule has 0 saturated carbocycles. The lowest BCUT2D eigenvalue weighted by molar-refractivity contribution is -0.142. The van der Waals surface area contributed by atoms with Crippen molar-refractivity contribution in [2.24, 2.45) is 0 Å². The van der Waals surface area contributed by atoms with Crippen LogP contribution in [0.1, 0.15) is 89.9 Å². The molecule has 0 aromatic heterocycles. The Balaban J connectivity index is 3.48. The van der Waals surface area contributed by atoms with E-state index in [1.807, 2.05) is 0 Å². The summed E-state index contributed by atoms with van der Waals surface area (Å²) in [5.74, 6) is -2.83. The van der Waals surface area contributed by atoms with Crippen molar-refractivity contribution in [1.29, 1.82) is 0 Å². The van der Waals surface area contributed by atoms with Crippen molar-refractivity contribution in [3.05, 3.63) is 0 Å². The number of aliphatic carboxylic acids is 2. The van der Waals surface area contributed by atoms with Crippen LogP contribution in [-0.4, -0.2) is 91.7 Å². The van der Waals surface area contributed by atoms with Crippen molar-refractivity contribution in [2.75, 3.05) is 39.5 Å². The van der Waals surface area contributed by atoms with Crippen molar-refractivity contribution in [1.82, 2.24) is 16.0 Å². The number of rotatable bonds is 28. The lowest BCUT2D eigenvalue weighted by atomic mass is 10.1. The van der Waals surface area contributed by atoms with Gasteiger partial charge in [0.1, 0.15) is 12.3 Å². The highest BCUT2D eigenvalue weighted by Gasteiger charge is 2.19. The van der Waals surface area contributed by atoms with Crippen LogP contribution in [0, 0.1) is 0 Å². The Kier molecular flexibility index (Phi) is 24.2. The molecule has 1 atom stereocenters. The Morgan fingerprint density at radius 2 is 1.12 bits per heavy atom. The lowest BCUT2D eigenvalue weighted by Crippen LogP contribution is -2.41. The fourth-order valence-corrected chi connectivity index (χ4v) is 3.56. The summed E-state index contributed by atoms with van der Waals surface area (Å²) in [6, 6.07) is -1.15. The maximum atomic E-state index is 11.8. The van der Waals surface area contributed by atoms with Crippen LogP contribution < -0.4 is 16.0 Å². The molecule has 0 aliphatic rings. The Hall–Kier alpha value is -3.06. The molecular formula is C27H47N3O10. The van der Waals surface area contributed by atoms with Crippen LogP contribution in [0.2, 0.25) is 0 Å². The number of hydrogen-bond donors (Lipinski definition) is 5. The first-order valence-corrected chi connectivity index (χ1v) is 14.1. The number of aldehydes is 1. The largest absolute Gasteiger partial charge is 0.481 e. The van der Waals surface area contributed by atoms with Crippen LogP contribution in [0.5, 0.6) is 0 Å². The van der Waals surface area contributed by atoms with Crippen LogP contribution in [-0.2, 0) is 38.2 Å². The Labute approximate surface area is 236 Å². The molecule has 13 nitrogen and oxygen atoms in total. The van der Waals surface area contributed by atoms with Crippen molar-refractivity contribution < 1.29 is 48.5 Å². The number of ether oxygens (including phenoxy) is 2. The maximum Gasteiger partial charge on any atom is 0.326 e. The van der Waals surface area contributed by atoms with E-state index >= 15 is 0 Å². The number of amides is 3. The van der Waals surface area contributed by atoms with Crippen LogP contribution in [0.15, 0.2) is 0 Å². The van der Waals surface area contributed by atoms with Gasteiger partial charge in [0.2, 0.25) is 17.7 Å². The summed E-state index contributed by atoms with van der Waals surface area (Å²) < 4.78 is 10.9. The molecule has 0 aliphatic heterocycles. The monoisotopic (exact) mass is 573 g/mol. The summed E-state index contributed by atoms with van der Waals surface area (Å²) in [7, 11) is 0. The molecule has 0 radical (unpaired) electrons. The fraction of sp³-hybridized carbons (Fsp3) is 0.778. The minimum Gasteiger partial charge on any atom is -0.481 e. The van der Waals surface area contributed by atoms with Gasteiger partial charge in [-0.2, -0.15) is 0 Å². The van der Waals surface area contributed by atoms with Crippen molar-refractivity contribution in [3.63, 3.8) is 0 Å². The van der Waals surface area contributed by atoms with E-state index in [2.05, 4.69) is 16.0 Å². The van der Waals surface area contributed by atoms with Gasteiger partial charge in [0.05, 0.1) is 13.2 Å². The number of carboxylic acid groups (broad SMARTS) is 2. The molecule has 0 saturated heterocycles. The van der Waals surface area contributed by atoms with E-state index in [1.54, 1.807) is 0 Å². The van der Waals surface area contributed by atoms with E-state index in [0.29, 0.717) is 71.5 Å². The Morgan fingerprint density at radius 3 is 1.65 bits per heavy atom. The topological polar surface area (TPSA) is 197 Å². The van der Waals surface area contributed by atoms with Crippen LogP contribution in [0.25, 0.3) is 0 Å². The third-order valence-electron chi connectivity index (χ3n) is 5.78. The van der Waals surface area contributed by atoms with Gasteiger partial charge in [-0.15, -0.1) is 0 Å². The second-order valence-corrected chi connectivity index (χ2v) is 9.35. The van der Waals surface area contributed by atoms with Gasteiger partial charge < -0.3 is 40.4 Å². The minimum atomic E-state index is -1.23. The van der Waals surface area contributed by atoms with Crippen molar-refractivity contribution in [3.8, 4) is 0 Å². The van der Waals surface area contributed by atoms with E-state index in [4.69, 9.17) is 19.7 Å². The van der Waals surface area contributed by atoms with Gasteiger partial charge in [-0.25, -0.2) is 4.79 Å². The highest BCUT2D eigenvalue weighted by molar-refractivity contribution is 5.87. The zero-order valence-corrected chi connectivity index (χ0v) is 23.5. The smallest absolute Gasteiger partial charge is 0.326 e. The lowest BCUT2D eigenvalue weighted by Gasteiger charge is -2.13. The number of carbonyl (C=O) groups excluding carboxylic acids is 4. The summed E-state index contributed by atoms with van der Waals surface area (Å²) in [4.78, 5) is 67.3. The number of nitrogens with one attached hydrogen (secondary N) is 3. The van der Waals surface area contributed by atoms with Crippen LogP contribution in [0.4, 0.5) is 0 Å². The molecule has 0 aromatic carbocycles. The molecular weight excluding hydrogens is 526 g/mol. The second-order valence-electron chi connectivity index (χ2n) is 9.35. The van der Waals surface area contributed by atoms with E-state index in [-0.39, 0.29) is 43.9 Å². The highest BCUT2D eigenvalue weighted by atomic mass is 16.5. The SMILES string of the molecule is O=CCC[C@H](NC(=O)CCC(=O)NCCCOCCOCCCNC(=O)CCCCCCCCC(=O)O)C(=O)O. The van der Waals surface area contributed by atoms with E-state index in [0.717, 1.165) is 32.1 Å². The predicted octanol–water partition coefficient (Wildman–Crippen LogP) is 1.57. The zero-order chi connectivity index (χ0) is 29.8. The van der Waals surface area contributed by atoms with Gasteiger partial charge in [-0.1, -0.05) is 25.7 Å². The average molecular weight is 574 g/mol. The molecule has 3 amide bonds. The normalized spacial score (nSPS) is 11.4. The molecule has 5 N–H and O–H groups in total. The van der Waals surface area contributed by atoms with Gasteiger partial charge in [0.25, 0.3) is 0 Å². The molecule has 0 fully saturated rings. The van der Waals surface area contributed by atoms with E-state index in [1.165, 1.54) is 0 Å². The quantitative estimate of drug-likeness (QED) is 0.0676. The van der Waals surface area contributed by atoms with Crippen molar-refractivity contribution >= 4 is 35.9 Å². The Morgan fingerprint density at radius 1 is 0.625 bits per heavy atom. The molecule has 40 heavy (non-hydrogen) atoms. The molecule has 0 spiro atoms. The highest BCUT2D eigenvalue weighted by Crippen LogP contribution is 2.08. The third-order valence-corrected chi connectivity index (χ3v) is 5.78. The summed E-state index contributed by atoms with van der Waals surface area (Å²) in [6.07, 6.45) is 7.84. The van der Waals surface area contributed by atoms with Crippen molar-refractivity contribution in [2.45, 2.75) is 95.9 Å². The number of hydrogen-bond acceptors (Lipinski definition) is 8. The maximum absolute atomic E-state index is 11.8. The predicted molar refractivity (Wildman–Crippen MR) is 146 cm³/mol. The number of carboxylic acids is 2. The van der Waals surface area contributed by atoms with Gasteiger partial charge in [-0.3, -0.25) is 19.2 Å². The Bertz CT molecular complexity index is 748. The standard InChI is InChI=1S/C27H47N3O10/c31-17-7-10-22(27(37)38)30-25(34)14-13-24(33)29-16-9-19-40-21-20-39-18-8-15-28-23(32)11-5-3-1-2-4-6-12-26(35)36/h17,22H,1-16,18-21H2,(H,28,32)(H,29,33)(H,30,34)(H,35,36)(H,37,38)/t22-/m0/s1. The van der Waals surface area contributed by atoms with E-state index < -0.39 is 23.9 Å². The second kappa shape index (κ2) is 26.2. The first kappa shape index (κ1) is 36.9. The fourth-order valence-electron chi connectivity index (χ4n) is 3.56. The van der Waals surface area contributed by atoms with Crippen LogP contribution >= 0.6 is 0 Å². The first-order chi connectivity index (χ1) is 19.3. The summed E-state index contributed by atoms with van der Waals surface area (Å²) in [5, 5.41) is 25.4. The van der Waals surface area contributed by atoms with Gasteiger partial charge in [-0.05, 0) is 32.1 Å². The summed E-state index contributed by atoms with van der Waals surface area (Å²) in [6.45, 7) is 2.70. The summed E-state index contributed by atoms with van der Waals surface area (Å²) in [5.41, 5.74) is 0. The van der Waals surface area contributed by atoms with Crippen LogP contribution in [0.3, 0.4) is 0 Å². The van der Waals surface area contributed by atoms with Gasteiger partial charge in [0, 0.05) is 58.4 Å².